The number of carbonyl (C=O) groups is 2. The van der Waals surface area contributed by atoms with Crippen LogP contribution in [0.15, 0.2) is 18.2 Å². The van der Waals surface area contributed by atoms with Crippen LogP contribution in [-0.2, 0) is 9.59 Å². The Hall–Kier alpha value is -1.62. The molecule has 1 saturated heterocycles. The lowest BCUT2D eigenvalue weighted by molar-refractivity contribution is -0.133. The van der Waals surface area contributed by atoms with Crippen LogP contribution in [0.2, 0.25) is 5.02 Å². The van der Waals surface area contributed by atoms with E-state index in [9.17, 15) is 14.0 Å². The van der Waals surface area contributed by atoms with Crippen LogP contribution in [0, 0.1) is 11.2 Å². The van der Waals surface area contributed by atoms with E-state index in [0.717, 1.165) is 4.90 Å². The standard InChI is InChI=1S/C14H16ClFN2O2/c1-14(2,3)12-13(20)18(7-10(19)17-12)9-6-4-5-8(15)11(9)16/h4-6,12H,7H2,1-3H3,(H,17,19). The van der Waals surface area contributed by atoms with Crippen molar-refractivity contribution in [3.63, 3.8) is 0 Å². The highest BCUT2D eigenvalue weighted by Gasteiger charge is 2.41. The van der Waals surface area contributed by atoms with Crippen molar-refractivity contribution in [2.45, 2.75) is 26.8 Å². The van der Waals surface area contributed by atoms with E-state index in [1.807, 2.05) is 20.8 Å². The van der Waals surface area contributed by atoms with Crippen molar-refractivity contribution >= 4 is 29.1 Å². The van der Waals surface area contributed by atoms with Gasteiger partial charge in [-0.05, 0) is 17.5 Å². The highest BCUT2D eigenvalue weighted by Crippen LogP contribution is 2.30. The van der Waals surface area contributed by atoms with E-state index in [2.05, 4.69) is 5.32 Å². The summed E-state index contributed by atoms with van der Waals surface area (Å²) in [7, 11) is 0. The second-order valence-electron chi connectivity index (χ2n) is 5.86. The Bertz CT molecular complexity index is 569. The summed E-state index contributed by atoms with van der Waals surface area (Å²) in [6.45, 7) is 5.32. The van der Waals surface area contributed by atoms with Gasteiger partial charge < -0.3 is 5.32 Å². The second kappa shape index (κ2) is 5.05. The third-order valence-corrected chi connectivity index (χ3v) is 3.50. The summed E-state index contributed by atoms with van der Waals surface area (Å²) in [6, 6.07) is 3.70. The van der Waals surface area contributed by atoms with Gasteiger partial charge in [-0.3, -0.25) is 14.5 Å². The quantitative estimate of drug-likeness (QED) is 0.865. The summed E-state index contributed by atoms with van der Waals surface area (Å²) in [5.41, 5.74) is -0.424. The summed E-state index contributed by atoms with van der Waals surface area (Å²) in [5.74, 6) is -1.34. The van der Waals surface area contributed by atoms with Crippen molar-refractivity contribution in [2.24, 2.45) is 5.41 Å². The summed E-state index contributed by atoms with van der Waals surface area (Å²) >= 11 is 5.73. The predicted molar refractivity (Wildman–Crippen MR) is 75.1 cm³/mol. The molecule has 1 atom stereocenters. The lowest BCUT2D eigenvalue weighted by atomic mass is 9.84. The summed E-state index contributed by atoms with van der Waals surface area (Å²) in [5, 5.41) is 2.58. The molecule has 4 nitrogen and oxygen atoms in total. The zero-order chi connectivity index (χ0) is 15.1. The molecule has 1 unspecified atom stereocenters. The molecule has 1 aromatic carbocycles. The fraction of sp³-hybridized carbons (Fsp3) is 0.429. The van der Waals surface area contributed by atoms with E-state index in [1.165, 1.54) is 12.1 Å². The van der Waals surface area contributed by atoms with Gasteiger partial charge in [-0.25, -0.2) is 4.39 Å². The minimum atomic E-state index is -0.692. The molecule has 0 radical (unpaired) electrons. The fourth-order valence-corrected chi connectivity index (χ4v) is 2.31. The number of anilines is 1. The molecule has 2 amide bonds. The maximum absolute atomic E-state index is 14.1. The number of halogens is 2. The van der Waals surface area contributed by atoms with Gasteiger partial charge >= 0.3 is 0 Å². The fourth-order valence-electron chi connectivity index (χ4n) is 2.14. The molecule has 0 aromatic heterocycles. The minimum Gasteiger partial charge on any atom is -0.342 e. The molecule has 1 aromatic rings. The molecule has 108 valence electrons. The first kappa shape index (κ1) is 14.8. The molecule has 2 rings (SSSR count). The third kappa shape index (κ3) is 2.63. The van der Waals surface area contributed by atoms with Gasteiger partial charge in [-0.15, -0.1) is 0 Å². The number of hydrogen-bond donors (Lipinski definition) is 1. The van der Waals surface area contributed by atoms with Crippen LogP contribution in [0.25, 0.3) is 0 Å². The number of rotatable bonds is 1. The Morgan fingerprint density at radius 3 is 2.60 bits per heavy atom. The second-order valence-corrected chi connectivity index (χ2v) is 6.27. The maximum Gasteiger partial charge on any atom is 0.250 e. The van der Waals surface area contributed by atoms with Gasteiger partial charge in [0.15, 0.2) is 5.82 Å². The van der Waals surface area contributed by atoms with E-state index in [0.29, 0.717) is 0 Å². The molecule has 20 heavy (non-hydrogen) atoms. The Kier molecular flexibility index (Phi) is 3.73. The van der Waals surface area contributed by atoms with Crippen LogP contribution in [0.5, 0.6) is 0 Å². The smallest absolute Gasteiger partial charge is 0.250 e. The summed E-state index contributed by atoms with van der Waals surface area (Å²) < 4.78 is 14.1. The monoisotopic (exact) mass is 298 g/mol. The minimum absolute atomic E-state index is 0.0339. The Morgan fingerprint density at radius 2 is 2.00 bits per heavy atom. The molecule has 1 fully saturated rings. The van der Waals surface area contributed by atoms with Crippen LogP contribution in [-0.4, -0.2) is 24.4 Å². The molecule has 0 saturated carbocycles. The average molecular weight is 299 g/mol. The number of hydrogen-bond acceptors (Lipinski definition) is 2. The first-order valence-electron chi connectivity index (χ1n) is 6.26. The number of nitrogens with one attached hydrogen (secondary N) is 1. The number of piperazine rings is 1. The van der Waals surface area contributed by atoms with Crippen molar-refractivity contribution in [1.82, 2.24) is 5.32 Å². The zero-order valence-corrected chi connectivity index (χ0v) is 12.3. The van der Waals surface area contributed by atoms with Gasteiger partial charge in [0.05, 0.1) is 10.7 Å². The van der Waals surface area contributed by atoms with Crippen molar-refractivity contribution in [2.75, 3.05) is 11.4 Å². The highest BCUT2D eigenvalue weighted by molar-refractivity contribution is 6.31. The molecular weight excluding hydrogens is 283 g/mol. The molecular formula is C14H16ClFN2O2. The number of carbonyl (C=O) groups excluding carboxylic acids is 2. The van der Waals surface area contributed by atoms with Gasteiger partial charge in [0.25, 0.3) is 5.91 Å². The third-order valence-electron chi connectivity index (χ3n) is 3.21. The van der Waals surface area contributed by atoms with E-state index >= 15 is 0 Å². The largest absolute Gasteiger partial charge is 0.342 e. The van der Waals surface area contributed by atoms with Crippen LogP contribution in [0.1, 0.15) is 20.8 Å². The lowest BCUT2D eigenvalue weighted by Gasteiger charge is -2.38. The van der Waals surface area contributed by atoms with Crippen molar-refractivity contribution < 1.29 is 14.0 Å². The first-order valence-corrected chi connectivity index (χ1v) is 6.64. The van der Waals surface area contributed by atoms with Gasteiger partial charge in [0.2, 0.25) is 5.91 Å². The maximum atomic E-state index is 14.1. The molecule has 6 heteroatoms. The number of amides is 2. The molecule has 0 aliphatic carbocycles. The molecule has 0 bridgehead atoms. The average Bonchev–Trinajstić information content (AvgIpc) is 2.34. The first-order chi connectivity index (χ1) is 9.21. The molecule has 1 heterocycles. The summed E-state index contributed by atoms with van der Waals surface area (Å²) in [6.07, 6.45) is 0. The molecule has 1 N–H and O–H groups in total. The van der Waals surface area contributed by atoms with Crippen LogP contribution >= 0.6 is 11.6 Å². The van der Waals surface area contributed by atoms with Gasteiger partial charge in [0.1, 0.15) is 12.6 Å². The SMILES string of the molecule is CC(C)(C)C1NC(=O)CN(c2cccc(Cl)c2F)C1=O. The van der Waals surface area contributed by atoms with E-state index in [1.54, 1.807) is 6.07 Å². The Balaban J connectivity index is 2.43. The van der Waals surface area contributed by atoms with Crippen LogP contribution < -0.4 is 10.2 Å². The molecule has 1 aliphatic heterocycles. The zero-order valence-electron chi connectivity index (χ0n) is 11.5. The molecule has 0 spiro atoms. The van der Waals surface area contributed by atoms with Crippen LogP contribution in [0.3, 0.4) is 0 Å². The van der Waals surface area contributed by atoms with Gasteiger partial charge in [-0.2, -0.15) is 0 Å². The number of nitrogens with zero attached hydrogens (tertiary/aromatic N) is 1. The topological polar surface area (TPSA) is 49.4 Å². The highest BCUT2D eigenvalue weighted by atomic mass is 35.5. The van der Waals surface area contributed by atoms with Gasteiger partial charge in [-0.1, -0.05) is 38.4 Å². The normalized spacial score (nSPS) is 20.1. The van der Waals surface area contributed by atoms with E-state index in [4.69, 9.17) is 11.6 Å². The Morgan fingerprint density at radius 1 is 1.35 bits per heavy atom. The van der Waals surface area contributed by atoms with E-state index in [-0.39, 0.29) is 29.1 Å². The van der Waals surface area contributed by atoms with Gasteiger partial charge in [0, 0.05) is 0 Å². The number of benzene rings is 1. The molecule has 1 aliphatic rings. The summed E-state index contributed by atoms with van der Waals surface area (Å²) in [4.78, 5) is 25.4. The lowest BCUT2D eigenvalue weighted by Crippen LogP contribution is -2.62. The Labute approximate surface area is 121 Å². The predicted octanol–water partition coefficient (Wildman–Crippen LogP) is 2.36. The van der Waals surface area contributed by atoms with Crippen molar-refractivity contribution in [1.29, 1.82) is 0 Å². The van der Waals surface area contributed by atoms with Crippen LogP contribution in [0.4, 0.5) is 10.1 Å². The van der Waals surface area contributed by atoms with E-state index < -0.39 is 17.3 Å². The van der Waals surface area contributed by atoms with Crippen molar-refractivity contribution in [3.05, 3.63) is 29.0 Å². The van der Waals surface area contributed by atoms with Crippen molar-refractivity contribution in [3.8, 4) is 0 Å².